The van der Waals surface area contributed by atoms with Crippen LogP contribution in [0.1, 0.15) is 45.6 Å². The predicted octanol–water partition coefficient (Wildman–Crippen LogP) is 0.775. The van der Waals surface area contributed by atoms with Crippen molar-refractivity contribution in [2.24, 2.45) is 22.9 Å². The van der Waals surface area contributed by atoms with Crippen LogP contribution in [0.25, 0.3) is 0 Å². The van der Waals surface area contributed by atoms with Crippen molar-refractivity contribution in [3.05, 3.63) is 26.4 Å². The van der Waals surface area contributed by atoms with Crippen LogP contribution in [-0.2, 0) is 7.05 Å². The number of rotatable bonds is 3. The number of aliphatic hydroxyl groups excluding tert-OH is 1. The van der Waals surface area contributed by atoms with Gasteiger partial charge in [-0.15, -0.1) is 0 Å². The number of aromatic nitrogens is 2. The molecule has 1 aliphatic rings. The molecule has 1 fully saturated rings. The van der Waals surface area contributed by atoms with E-state index in [0.717, 1.165) is 17.4 Å². The van der Waals surface area contributed by atoms with E-state index in [1.54, 1.807) is 0 Å². The molecule has 128 valence electrons. The molecule has 0 saturated heterocycles. The standard InChI is InChI=1S/C16H25N3O4/c1-15(2)5-10(20)6-16(3,8-15)9-17-7-11-12(21)18-14(23)19(4)13(11)22/h7,10,20,22H,5-6,8-9H2,1-4H3,(H,18,21,23)/t10-,16+/m0/s1. The molecule has 1 aromatic rings. The van der Waals surface area contributed by atoms with Crippen molar-refractivity contribution in [3.8, 4) is 5.88 Å². The smallest absolute Gasteiger partial charge is 0.330 e. The third-order valence-corrected chi connectivity index (χ3v) is 4.44. The van der Waals surface area contributed by atoms with Crippen molar-refractivity contribution < 1.29 is 10.2 Å². The number of aromatic amines is 1. The first kappa shape index (κ1) is 17.5. The van der Waals surface area contributed by atoms with Crippen LogP contribution < -0.4 is 11.2 Å². The summed E-state index contributed by atoms with van der Waals surface area (Å²) in [7, 11) is 1.37. The first-order chi connectivity index (χ1) is 10.5. The molecule has 2 atom stereocenters. The van der Waals surface area contributed by atoms with Gasteiger partial charge in [0.2, 0.25) is 5.88 Å². The highest BCUT2D eigenvalue weighted by molar-refractivity contribution is 5.81. The molecular weight excluding hydrogens is 298 g/mol. The van der Waals surface area contributed by atoms with Gasteiger partial charge in [0.1, 0.15) is 5.56 Å². The van der Waals surface area contributed by atoms with E-state index in [0.29, 0.717) is 13.0 Å². The highest BCUT2D eigenvalue weighted by Crippen LogP contribution is 2.46. The lowest BCUT2D eigenvalue weighted by Crippen LogP contribution is -2.40. The predicted molar refractivity (Wildman–Crippen MR) is 88.2 cm³/mol. The summed E-state index contributed by atoms with van der Waals surface area (Å²) in [5.41, 5.74) is -1.50. The van der Waals surface area contributed by atoms with Crippen LogP contribution in [0.4, 0.5) is 0 Å². The SMILES string of the molecule is Cn1c(O)c(C=NC[C@]2(C)C[C@@H](O)CC(C)(C)C2)c(=O)[nH]c1=O. The number of hydrogen-bond donors (Lipinski definition) is 3. The summed E-state index contributed by atoms with van der Waals surface area (Å²) in [5, 5.41) is 20.0. The van der Waals surface area contributed by atoms with Gasteiger partial charge in [0, 0.05) is 19.8 Å². The Bertz CT molecular complexity index is 732. The summed E-state index contributed by atoms with van der Waals surface area (Å²) in [4.78, 5) is 29.6. The molecule has 0 spiro atoms. The van der Waals surface area contributed by atoms with E-state index in [9.17, 15) is 19.8 Å². The lowest BCUT2D eigenvalue weighted by atomic mass is 9.63. The summed E-state index contributed by atoms with van der Waals surface area (Å²) >= 11 is 0. The zero-order valence-electron chi connectivity index (χ0n) is 14.1. The van der Waals surface area contributed by atoms with Gasteiger partial charge in [-0.25, -0.2) is 4.79 Å². The Kier molecular flexibility index (Phi) is 4.52. The molecule has 0 aliphatic heterocycles. The minimum Gasteiger partial charge on any atom is -0.494 e. The lowest BCUT2D eigenvalue weighted by Gasteiger charge is -2.44. The maximum absolute atomic E-state index is 11.8. The molecule has 0 radical (unpaired) electrons. The molecule has 7 heteroatoms. The fourth-order valence-electron chi connectivity index (χ4n) is 3.80. The minimum atomic E-state index is -0.672. The van der Waals surface area contributed by atoms with Crippen molar-refractivity contribution in [2.75, 3.05) is 6.54 Å². The second-order valence-electron chi connectivity index (χ2n) is 7.74. The van der Waals surface area contributed by atoms with Gasteiger partial charge in [0.15, 0.2) is 0 Å². The summed E-state index contributed by atoms with van der Waals surface area (Å²) < 4.78 is 0.956. The monoisotopic (exact) mass is 323 g/mol. The quantitative estimate of drug-likeness (QED) is 0.714. The van der Waals surface area contributed by atoms with Crippen LogP contribution in [0.5, 0.6) is 5.88 Å². The van der Waals surface area contributed by atoms with Crippen LogP contribution >= 0.6 is 0 Å². The number of H-pyrrole nitrogens is 1. The highest BCUT2D eigenvalue weighted by atomic mass is 16.3. The Morgan fingerprint density at radius 1 is 1.35 bits per heavy atom. The van der Waals surface area contributed by atoms with Crippen LogP contribution in [0, 0.1) is 10.8 Å². The van der Waals surface area contributed by atoms with Crippen molar-refractivity contribution in [2.45, 2.75) is 46.1 Å². The second-order valence-corrected chi connectivity index (χ2v) is 7.74. The van der Waals surface area contributed by atoms with E-state index in [2.05, 4.69) is 30.7 Å². The topological polar surface area (TPSA) is 108 Å². The number of aliphatic hydroxyl groups is 1. The van der Waals surface area contributed by atoms with E-state index in [1.165, 1.54) is 13.3 Å². The molecule has 7 nitrogen and oxygen atoms in total. The zero-order valence-corrected chi connectivity index (χ0v) is 14.1. The fraction of sp³-hybridized carbons (Fsp3) is 0.688. The van der Waals surface area contributed by atoms with Crippen molar-refractivity contribution in [3.63, 3.8) is 0 Å². The first-order valence-corrected chi connectivity index (χ1v) is 7.73. The summed E-state index contributed by atoms with van der Waals surface area (Å²) in [6.07, 6.45) is 3.29. The Labute approximate surface area is 134 Å². The molecule has 1 saturated carbocycles. The van der Waals surface area contributed by atoms with E-state index in [1.807, 2.05) is 0 Å². The zero-order chi connectivity index (χ0) is 17.4. The highest BCUT2D eigenvalue weighted by Gasteiger charge is 2.40. The molecule has 23 heavy (non-hydrogen) atoms. The van der Waals surface area contributed by atoms with Gasteiger partial charge >= 0.3 is 5.69 Å². The van der Waals surface area contributed by atoms with Gasteiger partial charge in [-0.3, -0.25) is 19.3 Å². The van der Waals surface area contributed by atoms with E-state index in [-0.39, 0.29) is 22.5 Å². The average molecular weight is 323 g/mol. The van der Waals surface area contributed by atoms with Gasteiger partial charge in [-0.05, 0) is 30.1 Å². The van der Waals surface area contributed by atoms with Gasteiger partial charge in [0.25, 0.3) is 5.56 Å². The van der Waals surface area contributed by atoms with Crippen LogP contribution in [0.2, 0.25) is 0 Å². The fourth-order valence-corrected chi connectivity index (χ4v) is 3.80. The Hall–Kier alpha value is -1.89. The Morgan fingerprint density at radius 3 is 2.61 bits per heavy atom. The molecule has 0 bridgehead atoms. The largest absolute Gasteiger partial charge is 0.494 e. The number of nitrogens with zero attached hydrogens (tertiary/aromatic N) is 2. The average Bonchev–Trinajstić information content (AvgIpc) is 2.37. The number of nitrogens with one attached hydrogen (secondary N) is 1. The molecule has 1 aliphatic carbocycles. The maximum atomic E-state index is 11.8. The van der Waals surface area contributed by atoms with E-state index in [4.69, 9.17) is 0 Å². The molecule has 0 amide bonds. The number of aromatic hydroxyl groups is 1. The van der Waals surface area contributed by atoms with Gasteiger partial charge in [0.05, 0.1) is 6.10 Å². The number of aliphatic imine (C=N–C) groups is 1. The molecule has 0 aromatic carbocycles. The van der Waals surface area contributed by atoms with Crippen LogP contribution in [0.15, 0.2) is 14.6 Å². The summed E-state index contributed by atoms with van der Waals surface area (Å²) in [6, 6.07) is 0. The molecule has 1 heterocycles. The minimum absolute atomic E-state index is 0.0358. The van der Waals surface area contributed by atoms with E-state index >= 15 is 0 Å². The third-order valence-electron chi connectivity index (χ3n) is 4.44. The van der Waals surface area contributed by atoms with Crippen molar-refractivity contribution in [1.29, 1.82) is 0 Å². The van der Waals surface area contributed by atoms with Gasteiger partial charge < -0.3 is 10.2 Å². The third kappa shape index (κ3) is 3.90. The Morgan fingerprint density at radius 2 is 2.00 bits per heavy atom. The van der Waals surface area contributed by atoms with Crippen molar-refractivity contribution in [1.82, 2.24) is 9.55 Å². The summed E-state index contributed by atoms with van der Waals surface area (Å²) in [5.74, 6) is -0.406. The molecular formula is C16H25N3O4. The van der Waals surface area contributed by atoms with Crippen molar-refractivity contribution >= 4 is 6.21 Å². The molecule has 2 rings (SSSR count). The van der Waals surface area contributed by atoms with Crippen LogP contribution in [0.3, 0.4) is 0 Å². The first-order valence-electron chi connectivity index (χ1n) is 7.73. The maximum Gasteiger partial charge on any atom is 0.330 e. The molecule has 1 aromatic heterocycles. The van der Waals surface area contributed by atoms with Gasteiger partial charge in [-0.2, -0.15) is 0 Å². The lowest BCUT2D eigenvalue weighted by molar-refractivity contribution is -0.00472. The second kappa shape index (κ2) is 5.96. The van der Waals surface area contributed by atoms with Crippen LogP contribution in [-0.4, -0.2) is 38.6 Å². The Balaban J connectivity index is 2.21. The number of hydrogen-bond acceptors (Lipinski definition) is 5. The molecule has 3 N–H and O–H groups in total. The van der Waals surface area contributed by atoms with E-state index < -0.39 is 17.1 Å². The summed E-state index contributed by atoms with van der Waals surface area (Å²) in [6.45, 7) is 6.76. The normalized spacial score (nSPS) is 27.4. The molecule has 0 unspecified atom stereocenters. The van der Waals surface area contributed by atoms with Gasteiger partial charge in [-0.1, -0.05) is 20.8 Å².